The number of ether oxygens (including phenoxy) is 1. The predicted octanol–water partition coefficient (Wildman–Crippen LogP) is 8.28. The summed E-state index contributed by atoms with van der Waals surface area (Å²) in [6, 6.07) is 0. The Hall–Kier alpha value is -0.980. The number of ketones is 1. The molecule has 0 aromatic heterocycles. The van der Waals surface area contributed by atoms with E-state index in [-0.39, 0.29) is 40.3 Å². The van der Waals surface area contributed by atoms with Crippen LogP contribution in [0, 0.1) is 58.2 Å². The molecule has 0 bridgehead atoms. The second-order valence-corrected chi connectivity index (χ2v) is 17.4. The van der Waals surface area contributed by atoms with Gasteiger partial charge in [0.15, 0.2) is 0 Å². The lowest BCUT2D eigenvalue weighted by Gasteiger charge is -2.61. The van der Waals surface area contributed by atoms with Gasteiger partial charge in [0.1, 0.15) is 11.9 Å². The molecule has 0 spiro atoms. The van der Waals surface area contributed by atoms with Crippen molar-refractivity contribution >= 4 is 11.8 Å². The fraction of sp³-hybridized carbons (Fsp3) is 0.950. The Morgan fingerprint density at radius 2 is 1.48 bits per heavy atom. The fourth-order valence-corrected chi connectivity index (χ4v) is 11.2. The number of aliphatic hydroxyl groups is 3. The number of carbonyl (C=O) groups is 2. The summed E-state index contributed by atoms with van der Waals surface area (Å²) < 4.78 is 5.87. The minimum absolute atomic E-state index is 0.00660. The largest absolute Gasteiger partial charge is 0.460 e. The molecule has 0 aliphatic heterocycles. The molecule has 266 valence electrons. The van der Waals surface area contributed by atoms with E-state index in [4.69, 9.17) is 4.74 Å². The molecule has 0 heterocycles. The minimum atomic E-state index is -0.751. The molecule has 6 nitrogen and oxygen atoms in total. The Morgan fingerprint density at radius 3 is 2.11 bits per heavy atom. The van der Waals surface area contributed by atoms with Crippen molar-refractivity contribution in [1.29, 1.82) is 0 Å². The smallest absolute Gasteiger partial charge is 0.306 e. The van der Waals surface area contributed by atoms with Gasteiger partial charge in [-0.1, -0.05) is 99.8 Å². The highest BCUT2D eigenvalue weighted by Crippen LogP contribution is 2.68. The number of aliphatic hydroxyl groups excluding tert-OH is 3. The first-order chi connectivity index (χ1) is 21.8. The van der Waals surface area contributed by atoms with Crippen molar-refractivity contribution in [3.05, 3.63) is 0 Å². The van der Waals surface area contributed by atoms with Crippen LogP contribution in [0.1, 0.15) is 158 Å². The quantitative estimate of drug-likeness (QED) is 0.115. The Bertz CT molecular complexity index is 996. The van der Waals surface area contributed by atoms with Crippen molar-refractivity contribution in [2.45, 2.75) is 182 Å². The van der Waals surface area contributed by atoms with E-state index < -0.39 is 24.4 Å². The number of hydrogen-bond donors (Lipinski definition) is 3. The molecule has 4 aliphatic carbocycles. The van der Waals surface area contributed by atoms with Gasteiger partial charge < -0.3 is 20.1 Å². The third kappa shape index (κ3) is 7.91. The van der Waals surface area contributed by atoms with Crippen molar-refractivity contribution in [2.75, 3.05) is 0 Å². The summed E-state index contributed by atoms with van der Waals surface area (Å²) in [7, 11) is 0. The maximum absolute atomic E-state index is 13.9. The molecule has 0 radical (unpaired) electrons. The predicted molar refractivity (Wildman–Crippen MR) is 184 cm³/mol. The third-order valence-electron chi connectivity index (χ3n) is 14.4. The van der Waals surface area contributed by atoms with E-state index >= 15 is 0 Å². The van der Waals surface area contributed by atoms with Gasteiger partial charge in [-0.3, -0.25) is 9.59 Å². The van der Waals surface area contributed by atoms with E-state index in [1.807, 2.05) is 6.92 Å². The summed E-state index contributed by atoms with van der Waals surface area (Å²) in [6.07, 6.45) is 14.0. The van der Waals surface area contributed by atoms with Crippen LogP contribution >= 0.6 is 0 Å². The van der Waals surface area contributed by atoms with E-state index in [1.54, 1.807) is 0 Å². The molecule has 0 unspecified atom stereocenters. The van der Waals surface area contributed by atoms with Crippen molar-refractivity contribution in [3.63, 3.8) is 0 Å². The third-order valence-corrected chi connectivity index (χ3v) is 14.4. The maximum Gasteiger partial charge on any atom is 0.306 e. The average Bonchev–Trinajstić information content (AvgIpc) is 3.37. The van der Waals surface area contributed by atoms with Gasteiger partial charge in [0.2, 0.25) is 0 Å². The first kappa shape index (κ1) is 37.8. The Balaban J connectivity index is 1.33. The summed E-state index contributed by atoms with van der Waals surface area (Å²) in [4.78, 5) is 26.7. The topological polar surface area (TPSA) is 104 Å². The summed E-state index contributed by atoms with van der Waals surface area (Å²) in [5.41, 5.74) is -0.251. The van der Waals surface area contributed by atoms with Gasteiger partial charge >= 0.3 is 5.97 Å². The molecule has 4 saturated carbocycles. The second kappa shape index (κ2) is 16.2. The summed E-state index contributed by atoms with van der Waals surface area (Å²) in [5, 5.41) is 33.7. The summed E-state index contributed by atoms with van der Waals surface area (Å²) >= 11 is 0. The molecule has 3 N–H and O–H groups in total. The van der Waals surface area contributed by atoms with Gasteiger partial charge in [0.25, 0.3) is 0 Å². The van der Waals surface area contributed by atoms with Crippen LogP contribution in [0.5, 0.6) is 0 Å². The molecule has 13 atom stereocenters. The Morgan fingerprint density at radius 1 is 0.870 bits per heavy atom. The lowest BCUT2D eigenvalue weighted by Crippen LogP contribution is -2.60. The molecule has 6 heteroatoms. The number of fused-ring (bicyclic) bond motifs is 5. The second-order valence-electron chi connectivity index (χ2n) is 17.4. The van der Waals surface area contributed by atoms with Crippen LogP contribution in [-0.4, -0.2) is 51.5 Å². The summed E-state index contributed by atoms with van der Waals surface area (Å²) in [5.74, 6) is 1.60. The molecule has 0 aromatic carbocycles. The van der Waals surface area contributed by atoms with Crippen LogP contribution in [0.2, 0.25) is 0 Å². The highest BCUT2D eigenvalue weighted by atomic mass is 16.6. The average molecular weight is 647 g/mol. The zero-order valence-corrected chi connectivity index (χ0v) is 30.5. The standard InChI is InChI=1S/C40H70O6/c1-8-9-10-11-12-13-14-15-16-17-36(43)46-35-23-32-33(41)22-28-30-19-18-29(27(5)38(45)37(44)26(4)25(2)3)39(30,6)21-20-31(28)40(32,7)24-34(35)42/h25-32,34-35,37-38,42,44-45H,8-24H2,1-7H3/t26-,27+,28+,29-,30+,31+,32-,34-,35-,37-,38-,39-,40-/m1/s1. The molecular weight excluding hydrogens is 576 g/mol. The number of carbonyl (C=O) groups excluding carboxylic acids is 2. The molecule has 0 amide bonds. The Kier molecular flexibility index (Phi) is 13.3. The van der Waals surface area contributed by atoms with Crippen LogP contribution in [0.25, 0.3) is 0 Å². The van der Waals surface area contributed by atoms with Crippen molar-refractivity contribution in [2.24, 2.45) is 58.2 Å². The first-order valence-electron chi connectivity index (χ1n) is 19.5. The van der Waals surface area contributed by atoms with Crippen LogP contribution in [0.3, 0.4) is 0 Å². The number of unbranched alkanes of at least 4 members (excludes halogenated alkanes) is 8. The van der Waals surface area contributed by atoms with Crippen molar-refractivity contribution in [3.8, 4) is 0 Å². The van der Waals surface area contributed by atoms with Gasteiger partial charge in [-0.25, -0.2) is 0 Å². The van der Waals surface area contributed by atoms with E-state index in [9.17, 15) is 24.9 Å². The molecule has 46 heavy (non-hydrogen) atoms. The van der Waals surface area contributed by atoms with Crippen LogP contribution in [-0.2, 0) is 14.3 Å². The van der Waals surface area contributed by atoms with Crippen molar-refractivity contribution < 1.29 is 29.6 Å². The Labute approximate surface area is 281 Å². The number of rotatable bonds is 16. The van der Waals surface area contributed by atoms with Crippen LogP contribution in [0.15, 0.2) is 0 Å². The number of esters is 1. The lowest BCUT2D eigenvalue weighted by molar-refractivity contribution is -0.187. The zero-order chi connectivity index (χ0) is 33.8. The molecule has 0 saturated heterocycles. The first-order valence-corrected chi connectivity index (χ1v) is 19.5. The molecular formula is C40H70O6. The number of hydrogen-bond acceptors (Lipinski definition) is 6. The lowest BCUT2D eigenvalue weighted by atomic mass is 9.43. The van der Waals surface area contributed by atoms with Gasteiger partial charge in [0, 0.05) is 18.8 Å². The van der Waals surface area contributed by atoms with Crippen LogP contribution in [0.4, 0.5) is 0 Å². The van der Waals surface area contributed by atoms with Gasteiger partial charge in [-0.15, -0.1) is 0 Å². The van der Waals surface area contributed by atoms with Crippen molar-refractivity contribution in [1.82, 2.24) is 0 Å². The highest BCUT2D eigenvalue weighted by Gasteiger charge is 2.64. The van der Waals surface area contributed by atoms with Gasteiger partial charge in [-0.2, -0.15) is 0 Å². The van der Waals surface area contributed by atoms with E-state index in [0.29, 0.717) is 55.3 Å². The molecule has 0 aromatic rings. The van der Waals surface area contributed by atoms with E-state index in [2.05, 4.69) is 41.5 Å². The maximum atomic E-state index is 13.9. The fourth-order valence-electron chi connectivity index (χ4n) is 11.2. The number of Topliss-reactive ketones (excluding diaryl/α,β-unsaturated/α-hetero) is 1. The normalized spacial score (nSPS) is 38.4. The van der Waals surface area contributed by atoms with E-state index in [1.165, 1.54) is 38.5 Å². The summed E-state index contributed by atoms with van der Waals surface area (Å²) in [6.45, 7) is 15.2. The highest BCUT2D eigenvalue weighted by molar-refractivity contribution is 5.83. The molecule has 4 aliphatic rings. The molecule has 4 fully saturated rings. The minimum Gasteiger partial charge on any atom is -0.460 e. The van der Waals surface area contributed by atoms with E-state index in [0.717, 1.165) is 44.9 Å². The molecule has 4 rings (SSSR count). The van der Waals surface area contributed by atoms with Gasteiger partial charge in [0.05, 0.1) is 18.3 Å². The monoisotopic (exact) mass is 647 g/mol. The van der Waals surface area contributed by atoms with Gasteiger partial charge in [-0.05, 0) is 97.2 Å². The SMILES string of the molecule is CCCCCCCCCCCC(=O)O[C@@H]1C[C@@H]2C(=O)C[C@@H]3[C@H](CC[C@]4(C)[C@@H]([C@H](C)[C@@H](O)[C@H](O)[C@H](C)C(C)C)CC[C@@H]34)[C@@]2(C)C[C@H]1O. The zero-order valence-electron chi connectivity index (χ0n) is 30.5. The van der Waals surface area contributed by atoms with Crippen LogP contribution < -0.4 is 0 Å².